The molecule has 0 saturated carbocycles. The van der Waals surface area contributed by atoms with Crippen LogP contribution in [0.1, 0.15) is 22.8 Å². The molecule has 0 aromatic heterocycles. The second-order valence-electron chi connectivity index (χ2n) is 5.59. The summed E-state index contributed by atoms with van der Waals surface area (Å²) in [7, 11) is 0. The molecule has 0 bridgehead atoms. The van der Waals surface area contributed by atoms with Gasteiger partial charge in [-0.25, -0.2) is 0 Å². The van der Waals surface area contributed by atoms with Crippen LogP contribution in [0.25, 0.3) is 0 Å². The summed E-state index contributed by atoms with van der Waals surface area (Å²) >= 11 is 8.36. The minimum atomic E-state index is -0.441. The zero-order chi connectivity index (χ0) is 20.5. The minimum absolute atomic E-state index is 0.0424. The first-order chi connectivity index (χ1) is 13.4. The maximum atomic E-state index is 12.2. The zero-order valence-electron chi connectivity index (χ0n) is 15.4. The zero-order valence-corrected chi connectivity index (χ0v) is 17.8. The van der Waals surface area contributed by atoms with Crippen LogP contribution in [0.15, 0.2) is 46.9 Å². The van der Waals surface area contributed by atoms with E-state index in [0.29, 0.717) is 28.1 Å². The van der Waals surface area contributed by atoms with E-state index < -0.39 is 11.8 Å². The molecule has 3 N–H and O–H groups in total. The van der Waals surface area contributed by atoms with Crippen LogP contribution in [0.4, 0.5) is 0 Å². The van der Waals surface area contributed by atoms with Crippen molar-refractivity contribution in [1.82, 2.24) is 16.2 Å². The average molecular weight is 466 g/mol. The van der Waals surface area contributed by atoms with Gasteiger partial charge in [-0.3, -0.25) is 25.8 Å². The number of nitrogens with one attached hydrogen (secondary N) is 3. The van der Waals surface area contributed by atoms with E-state index in [-0.39, 0.29) is 11.7 Å². The van der Waals surface area contributed by atoms with Crippen LogP contribution in [-0.4, -0.2) is 30.1 Å². The highest BCUT2D eigenvalue weighted by atomic mass is 79.9. The molecule has 0 aliphatic carbocycles. The first-order valence-electron chi connectivity index (χ1n) is 8.41. The maximum Gasteiger partial charge on any atom is 0.276 e. The van der Waals surface area contributed by atoms with Crippen LogP contribution in [-0.2, 0) is 4.79 Å². The van der Waals surface area contributed by atoms with E-state index in [0.717, 1.165) is 5.56 Å². The largest absolute Gasteiger partial charge is 0.493 e. The summed E-state index contributed by atoms with van der Waals surface area (Å²) in [6, 6.07) is 12.3. The van der Waals surface area contributed by atoms with Crippen molar-refractivity contribution in [3.8, 4) is 11.5 Å². The van der Waals surface area contributed by atoms with E-state index in [1.807, 2.05) is 32.0 Å². The normalized spacial score (nSPS) is 9.96. The molecule has 0 atom stereocenters. The lowest BCUT2D eigenvalue weighted by atomic mass is 10.2. The van der Waals surface area contributed by atoms with Gasteiger partial charge in [-0.1, -0.05) is 18.2 Å². The summed E-state index contributed by atoms with van der Waals surface area (Å²) in [5, 5.41) is 2.44. The fourth-order valence-corrected chi connectivity index (χ4v) is 2.78. The van der Waals surface area contributed by atoms with Crippen molar-refractivity contribution < 1.29 is 19.1 Å². The van der Waals surface area contributed by atoms with Gasteiger partial charge in [0.2, 0.25) is 0 Å². The number of aryl methyl sites for hydroxylation is 1. The number of carbonyl (C=O) groups is 2. The molecule has 2 rings (SSSR count). The summed E-state index contributed by atoms with van der Waals surface area (Å²) in [5.41, 5.74) is 6.14. The lowest BCUT2D eigenvalue weighted by Gasteiger charge is -2.12. The second kappa shape index (κ2) is 10.6. The predicted molar refractivity (Wildman–Crippen MR) is 113 cm³/mol. The Morgan fingerprint density at radius 1 is 1.07 bits per heavy atom. The fraction of sp³-hybridized carbons (Fsp3) is 0.211. The number of hydrogen-bond donors (Lipinski definition) is 3. The van der Waals surface area contributed by atoms with Crippen LogP contribution in [0, 0.1) is 6.92 Å². The number of rotatable bonds is 6. The minimum Gasteiger partial charge on any atom is -0.493 e. The smallest absolute Gasteiger partial charge is 0.276 e. The van der Waals surface area contributed by atoms with E-state index in [9.17, 15) is 9.59 Å². The molecule has 28 heavy (non-hydrogen) atoms. The monoisotopic (exact) mass is 465 g/mol. The number of benzene rings is 2. The molecule has 0 fully saturated rings. The van der Waals surface area contributed by atoms with Gasteiger partial charge >= 0.3 is 0 Å². The first kappa shape index (κ1) is 21.6. The fourth-order valence-electron chi connectivity index (χ4n) is 2.15. The molecule has 7 nitrogen and oxygen atoms in total. The Balaban J connectivity index is 1.78. The number of thiocarbonyl (C=S) groups is 1. The third-order valence-corrected chi connectivity index (χ3v) is 4.31. The number of hydrogen-bond acceptors (Lipinski definition) is 5. The van der Waals surface area contributed by atoms with Gasteiger partial charge in [0, 0.05) is 5.56 Å². The van der Waals surface area contributed by atoms with Crippen LogP contribution in [0.3, 0.4) is 0 Å². The quantitative estimate of drug-likeness (QED) is 0.448. The van der Waals surface area contributed by atoms with Crippen LogP contribution in [0.5, 0.6) is 11.5 Å². The molecule has 0 spiro atoms. The van der Waals surface area contributed by atoms with Crippen molar-refractivity contribution >= 4 is 45.1 Å². The van der Waals surface area contributed by atoms with Gasteiger partial charge in [-0.15, -0.1) is 0 Å². The highest BCUT2D eigenvalue weighted by molar-refractivity contribution is 9.10. The second-order valence-corrected chi connectivity index (χ2v) is 6.85. The van der Waals surface area contributed by atoms with Crippen molar-refractivity contribution in [2.75, 3.05) is 13.2 Å². The van der Waals surface area contributed by atoms with Crippen molar-refractivity contribution in [2.24, 2.45) is 0 Å². The molecule has 0 radical (unpaired) electrons. The number of halogens is 1. The van der Waals surface area contributed by atoms with Gasteiger partial charge < -0.3 is 9.47 Å². The van der Waals surface area contributed by atoms with Gasteiger partial charge in [-0.05, 0) is 71.8 Å². The number of ether oxygens (including phenoxy) is 2. The molecule has 9 heteroatoms. The van der Waals surface area contributed by atoms with Gasteiger partial charge in [-0.2, -0.15) is 0 Å². The summed E-state index contributed by atoms with van der Waals surface area (Å²) in [5.74, 6) is 0.394. The number of para-hydroxylation sites is 1. The number of amides is 2. The molecule has 0 aliphatic rings. The molecule has 0 unspecified atom stereocenters. The molecule has 0 aliphatic heterocycles. The average Bonchev–Trinajstić information content (AvgIpc) is 2.67. The Hall–Kier alpha value is -2.65. The van der Waals surface area contributed by atoms with E-state index in [1.165, 1.54) is 0 Å². The highest BCUT2D eigenvalue weighted by Crippen LogP contribution is 2.25. The Bertz CT molecular complexity index is 876. The molecular weight excluding hydrogens is 446 g/mol. The molecule has 0 saturated heterocycles. The van der Waals surface area contributed by atoms with Gasteiger partial charge in [0.25, 0.3) is 11.8 Å². The van der Waals surface area contributed by atoms with Crippen LogP contribution >= 0.6 is 28.1 Å². The SMILES string of the molecule is CCOc1ccc(C(=O)NC(=S)NNC(=O)COc2ccccc2C)cc1Br. The third kappa shape index (κ3) is 6.50. The Morgan fingerprint density at radius 3 is 2.50 bits per heavy atom. The number of hydrazine groups is 1. The molecule has 0 heterocycles. The maximum absolute atomic E-state index is 12.2. The van der Waals surface area contributed by atoms with Gasteiger partial charge in [0.05, 0.1) is 11.1 Å². The summed E-state index contributed by atoms with van der Waals surface area (Å²) in [4.78, 5) is 24.1. The molecular formula is C19H20BrN3O4S. The van der Waals surface area contributed by atoms with Crippen molar-refractivity contribution in [2.45, 2.75) is 13.8 Å². The summed E-state index contributed by atoms with van der Waals surface area (Å²) < 4.78 is 11.5. The first-order valence-corrected chi connectivity index (χ1v) is 9.61. The summed E-state index contributed by atoms with van der Waals surface area (Å²) in [6.45, 7) is 4.08. The molecule has 148 valence electrons. The van der Waals surface area contributed by atoms with E-state index in [2.05, 4.69) is 32.1 Å². The number of carbonyl (C=O) groups excluding carboxylic acids is 2. The summed E-state index contributed by atoms with van der Waals surface area (Å²) in [6.07, 6.45) is 0. The third-order valence-electron chi connectivity index (χ3n) is 3.49. The van der Waals surface area contributed by atoms with Gasteiger partial charge in [0.15, 0.2) is 11.7 Å². The van der Waals surface area contributed by atoms with Crippen LogP contribution < -0.4 is 25.6 Å². The standard InChI is InChI=1S/C19H20BrN3O4S/c1-3-26-16-9-8-13(10-14(16)20)18(25)21-19(28)23-22-17(24)11-27-15-7-5-4-6-12(15)2/h4-10H,3,11H2,1-2H3,(H,22,24)(H2,21,23,25,28). The lowest BCUT2D eigenvalue weighted by Crippen LogP contribution is -2.49. The van der Waals surface area contributed by atoms with Crippen molar-refractivity contribution in [3.63, 3.8) is 0 Å². The Morgan fingerprint density at radius 2 is 1.82 bits per heavy atom. The lowest BCUT2D eigenvalue weighted by molar-refractivity contribution is -0.123. The van der Waals surface area contributed by atoms with Crippen molar-refractivity contribution in [3.05, 3.63) is 58.1 Å². The van der Waals surface area contributed by atoms with E-state index in [1.54, 1.807) is 24.3 Å². The van der Waals surface area contributed by atoms with Gasteiger partial charge in [0.1, 0.15) is 11.5 Å². The van der Waals surface area contributed by atoms with Crippen molar-refractivity contribution in [1.29, 1.82) is 0 Å². The highest BCUT2D eigenvalue weighted by Gasteiger charge is 2.11. The topological polar surface area (TPSA) is 88.7 Å². The Labute approximate surface area is 176 Å². The van der Waals surface area contributed by atoms with E-state index >= 15 is 0 Å². The van der Waals surface area contributed by atoms with Crippen LogP contribution in [0.2, 0.25) is 0 Å². The van der Waals surface area contributed by atoms with E-state index in [4.69, 9.17) is 21.7 Å². The molecule has 2 aromatic carbocycles. The Kier molecular flexibility index (Phi) is 8.21. The predicted octanol–water partition coefficient (Wildman–Crippen LogP) is 2.87. The molecule has 2 amide bonds. The molecule has 2 aromatic rings.